The highest BCUT2D eigenvalue weighted by atomic mass is 19.4. The van der Waals surface area contributed by atoms with Gasteiger partial charge in [-0.1, -0.05) is 30.3 Å². The van der Waals surface area contributed by atoms with Crippen LogP contribution in [-0.4, -0.2) is 54.7 Å². The molecule has 2 N–H and O–H groups in total. The van der Waals surface area contributed by atoms with Gasteiger partial charge in [0, 0.05) is 25.6 Å². The smallest absolute Gasteiger partial charge is 0.416 e. The summed E-state index contributed by atoms with van der Waals surface area (Å²) in [7, 11) is 0. The highest BCUT2D eigenvalue weighted by molar-refractivity contribution is 6.04. The van der Waals surface area contributed by atoms with E-state index in [1.165, 1.54) is 18.2 Å². The molecule has 1 aliphatic carbocycles. The summed E-state index contributed by atoms with van der Waals surface area (Å²) in [5.74, 6) is -0.636. The molecule has 3 amide bonds. The topological polar surface area (TPSA) is 91.0 Å². The number of anilines is 2. The van der Waals surface area contributed by atoms with Crippen LogP contribution in [0.1, 0.15) is 58.6 Å². The molecule has 4 rings (SSSR count). The van der Waals surface area contributed by atoms with E-state index in [1.807, 2.05) is 38.1 Å². The van der Waals surface area contributed by atoms with Gasteiger partial charge in [-0.3, -0.25) is 9.59 Å². The molecular weight excluding hydrogens is 549 g/mol. The standard InChI is InChI=1S/C31H39F3N4O4/c1-19(2)38-26-13-9-8-12-25(26)37(17-20-14-15-20)18-24(28(38)40)35-27(39)23(36-29(41)42-30(3,4)5)16-21-10-6-7-11-22(21)31(32,33)34/h6-13,19-20,23-24H,14-18H2,1-5H3,(H,35,39)(H,36,41)/t23?,24-/m1/s1. The third-order valence-corrected chi connectivity index (χ3v) is 7.18. The lowest BCUT2D eigenvalue weighted by Crippen LogP contribution is -2.58. The number of amides is 3. The van der Waals surface area contributed by atoms with Crippen molar-refractivity contribution < 1.29 is 32.3 Å². The Hall–Kier alpha value is -3.76. The number of carbonyl (C=O) groups is 3. The van der Waals surface area contributed by atoms with Gasteiger partial charge < -0.3 is 25.2 Å². The van der Waals surface area contributed by atoms with E-state index in [-0.39, 0.29) is 24.1 Å². The van der Waals surface area contributed by atoms with E-state index in [9.17, 15) is 27.6 Å². The van der Waals surface area contributed by atoms with Gasteiger partial charge in [0.15, 0.2) is 0 Å². The van der Waals surface area contributed by atoms with E-state index in [0.717, 1.165) is 30.3 Å². The molecule has 8 nitrogen and oxygen atoms in total. The maximum atomic E-state index is 13.9. The first-order valence-electron chi connectivity index (χ1n) is 14.3. The lowest BCUT2D eigenvalue weighted by molar-refractivity contribution is -0.138. The molecule has 42 heavy (non-hydrogen) atoms. The molecule has 2 aromatic carbocycles. The van der Waals surface area contributed by atoms with Crippen LogP contribution in [0.2, 0.25) is 0 Å². The molecule has 0 saturated heterocycles. The number of hydrogen-bond donors (Lipinski definition) is 2. The minimum Gasteiger partial charge on any atom is -0.444 e. The van der Waals surface area contributed by atoms with E-state index in [2.05, 4.69) is 15.5 Å². The molecule has 228 valence electrons. The number of halogens is 3. The van der Waals surface area contributed by atoms with Crippen LogP contribution < -0.4 is 20.4 Å². The van der Waals surface area contributed by atoms with Gasteiger partial charge in [-0.25, -0.2) is 4.79 Å². The number of ether oxygens (including phenoxy) is 1. The maximum absolute atomic E-state index is 13.9. The van der Waals surface area contributed by atoms with Crippen LogP contribution in [-0.2, 0) is 26.9 Å². The summed E-state index contributed by atoms with van der Waals surface area (Å²) in [5.41, 5.74) is -0.362. The van der Waals surface area contributed by atoms with Crippen LogP contribution in [0, 0.1) is 5.92 Å². The molecule has 0 aromatic heterocycles. The Morgan fingerprint density at radius 1 is 1.00 bits per heavy atom. The molecule has 0 radical (unpaired) electrons. The van der Waals surface area contributed by atoms with Crippen LogP contribution in [0.5, 0.6) is 0 Å². The predicted octanol–water partition coefficient (Wildman–Crippen LogP) is 5.30. The van der Waals surface area contributed by atoms with Crippen molar-refractivity contribution in [2.24, 2.45) is 5.92 Å². The van der Waals surface area contributed by atoms with E-state index in [1.54, 1.807) is 25.7 Å². The zero-order valence-electron chi connectivity index (χ0n) is 24.6. The van der Waals surface area contributed by atoms with Crippen LogP contribution in [0.25, 0.3) is 0 Å². The SMILES string of the molecule is CC(C)N1C(=O)[C@H](NC(=O)C(Cc2ccccc2C(F)(F)F)NC(=O)OC(C)(C)C)CN(CC2CC2)c2ccccc21. The van der Waals surface area contributed by atoms with Gasteiger partial charge in [0.1, 0.15) is 17.7 Å². The second-order valence-corrected chi connectivity index (χ2v) is 12.3. The molecule has 1 saturated carbocycles. The minimum atomic E-state index is -4.66. The van der Waals surface area contributed by atoms with Gasteiger partial charge in [-0.15, -0.1) is 0 Å². The largest absolute Gasteiger partial charge is 0.444 e. The van der Waals surface area contributed by atoms with Gasteiger partial charge in [0.05, 0.1) is 16.9 Å². The third-order valence-electron chi connectivity index (χ3n) is 7.18. The Labute approximate surface area is 244 Å². The normalized spacial score (nSPS) is 18.3. The number of hydrogen-bond acceptors (Lipinski definition) is 5. The van der Waals surface area contributed by atoms with Gasteiger partial charge in [0.25, 0.3) is 5.91 Å². The van der Waals surface area contributed by atoms with E-state index in [0.29, 0.717) is 12.5 Å². The third kappa shape index (κ3) is 7.74. The molecule has 1 fully saturated rings. The Morgan fingerprint density at radius 3 is 2.21 bits per heavy atom. The van der Waals surface area contributed by atoms with Gasteiger partial charge in [-0.05, 0) is 77.1 Å². The number of carbonyl (C=O) groups excluding carboxylic acids is 3. The van der Waals surface area contributed by atoms with Crippen molar-refractivity contribution in [3.8, 4) is 0 Å². The number of fused-ring (bicyclic) bond motifs is 1. The molecule has 0 spiro atoms. The average Bonchev–Trinajstić information content (AvgIpc) is 3.71. The Kier molecular flexibility index (Phi) is 9.08. The monoisotopic (exact) mass is 588 g/mol. The predicted molar refractivity (Wildman–Crippen MR) is 154 cm³/mol. The van der Waals surface area contributed by atoms with Crippen molar-refractivity contribution in [2.75, 3.05) is 22.9 Å². The second-order valence-electron chi connectivity index (χ2n) is 12.3. The van der Waals surface area contributed by atoms with E-state index >= 15 is 0 Å². The van der Waals surface area contributed by atoms with Gasteiger partial charge in [0.2, 0.25) is 5.91 Å². The number of alkyl halides is 3. The lowest BCUT2D eigenvalue weighted by atomic mass is 9.99. The summed E-state index contributed by atoms with van der Waals surface area (Å²) >= 11 is 0. The summed E-state index contributed by atoms with van der Waals surface area (Å²) in [6.07, 6.45) is -3.91. The van der Waals surface area contributed by atoms with Crippen molar-refractivity contribution in [1.29, 1.82) is 0 Å². The van der Waals surface area contributed by atoms with Crippen LogP contribution in [0.15, 0.2) is 48.5 Å². The van der Waals surface area contributed by atoms with Crippen molar-refractivity contribution >= 4 is 29.3 Å². The Balaban J connectivity index is 1.65. The van der Waals surface area contributed by atoms with Crippen LogP contribution >= 0.6 is 0 Å². The maximum Gasteiger partial charge on any atom is 0.416 e. The number of nitrogens with one attached hydrogen (secondary N) is 2. The summed E-state index contributed by atoms with van der Waals surface area (Å²) in [6.45, 7) is 9.56. The fourth-order valence-corrected chi connectivity index (χ4v) is 5.17. The van der Waals surface area contributed by atoms with Crippen molar-refractivity contribution in [2.45, 2.75) is 83.8 Å². The first-order valence-corrected chi connectivity index (χ1v) is 14.3. The zero-order valence-corrected chi connectivity index (χ0v) is 24.6. The number of nitrogens with zero attached hydrogens (tertiary/aromatic N) is 2. The van der Waals surface area contributed by atoms with Crippen molar-refractivity contribution in [3.63, 3.8) is 0 Å². The van der Waals surface area contributed by atoms with E-state index < -0.39 is 47.8 Å². The number of para-hydroxylation sites is 2. The molecule has 2 aromatic rings. The first kappa shape index (κ1) is 31.2. The average molecular weight is 589 g/mol. The summed E-state index contributed by atoms with van der Waals surface area (Å²) in [6, 6.07) is 9.81. The molecule has 0 bridgehead atoms. The summed E-state index contributed by atoms with van der Waals surface area (Å²) in [4.78, 5) is 44.1. The quantitative estimate of drug-likeness (QED) is 0.437. The molecule has 1 aliphatic heterocycles. The molecule has 11 heteroatoms. The fourth-order valence-electron chi connectivity index (χ4n) is 5.17. The highest BCUT2D eigenvalue weighted by Gasteiger charge is 2.40. The summed E-state index contributed by atoms with van der Waals surface area (Å²) < 4.78 is 46.7. The van der Waals surface area contributed by atoms with Gasteiger partial charge in [-0.2, -0.15) is 13.2 Å². The molecule has 1 unspecified atom stereocenters. The number of benzene rings is 2. The number of rotatable bonds is 8. The second kappa shape index (κ2) is 12.2. The minimum absolute atomic E-state index is 0.167. The number of alkyl carbamates (subject to hydrolysis) is 1. The molecule has 2 atom stereocenters. The highest BCUT2D eigenvalue weighted by Crippen LogP contribution is 2.38. The van der Waals surface area contributed by atoms with Crippen LogP contribution in [0.3, 0.4) is 0 Å². The molecule has 1 heterocycles. The van der Waals surface area contributed by atoms with Crippen molar-refractivity contribution in [3.05, 3.63) is 59.7 Å². The molecule has 2 aliphatic rings. The van der Waals surface area contributed by atoms with Crippen LogP contribution in [0.4, 0.5) is 29.3 Å². The zero-order chi connectivity index (χ0) is 30.8. The first-order chi connectivity index (χ1) is 19.6. The fraction of sp³-hybridized carbons (Fsp3) is 0.516. The summed E-state index contributed by atoms with van der Waals surface area (Å²) in [5, 5.41) is 5.22. The van der Waals surface area contributed by atoms with Gasteiger partial charge >= 0.3 is 12.3 Å². The molecular formula is C31H39F3N4O4. The van der Waals surface area contributed by atoms with Crippen molar-refractivity contribution in [1.82, 2.24) is 10.6 Å². The Morgan fingerprint density at radius 2 is 1.62 bits per heavy atom. The van der Waals surface area contributed by atoms with E-state index in [4.69, 9.17) is 4.74 Å². The Bertz CT molecular complexity index is 1300. The lowest BCUT2D eigenvalue weighted by Gasteiger charge is -2.30.